The number of nitrogens with one attached hydrogen (secondary N) is 12. The third-order valence-corrected chi connectivity index (χ3v) is 17.6. The maximum atomic E-state index is 15.0. The Morgan fingerprint density at radius 1 is 0.500 bits per heavy atom. The highest BCUT2D eigenvalue weighted by atomic mass is 16.4. The van der Waals surface area contributed by atoms with Gasteiger partial charge in [-0.1, -0.05) is 90.1 Å². The van der Waals surface area contributed by atoms with Gasteiger partial charge in [0.05, 0.1) is 19.1 Å². The third kappa shape index (κ3) is 30.0. The van der Waals surface area contributed by atoms with E-state index < -0.39 is 211 Å². The summed E-state index contributed by atoms with van der Waals surface area (Å²) < 4.78 is 0. The molecule has 2 heterocycles. The lowest BCUT2D eigenvalue weighted by Gasteiger charge is -2.31. The van der Waals surface area contributed by atoms with E-state index in [0.29, 0.717) is 47.7 Å². The Kier molecular flexibility index (Phi) is 37.0. The monoisotopic (exact) mass is 1520 g/mol. The lowest BCUT2D eigenvalue weighted by atomic mass is 9.98. The third-order valence-electron chi connectivity index (χ3n) is 17.6. The number of para-hydroxylation sites is 1. The molecule has 4 rings (SSSR count). The molecule has 0 spiro atoms. The Balaban J connectivity index is 1.63. The summed E-state index contributed by atoms with van der Waals surface area (Å²) in [5.41, 5.74) is 18.3. The number of carbonyl (C=O) groups is 16. The van der Waals surface area contributed by atoms with Crippen LogP contribution in [0.4, 0.5) is 0 Å². The molecular weight excluding hydrogens is 1410 g/mol. The molecular formula is C72H108N16O20. The molecule has 1 aliphatic rings. The Labute approximate surface area is 625 Å². The number of carboxylic acids is 2. The zero-order valence-corrected chi connectivity index (χ0v) is 62.2. The van der Waals surface area contributed by atoms with E-state index in [9.17, 15) is 97.1 Å². The highest BCUT2D eigenvalue weighted by Gasteiger charge is 2.41. The van der Waals surface area contributed by atoms with Gasteiger partial charge in [-0.3, -0.25) is 76.7 Å². The molecule has 596 valence electrons. The number of unbranched alkanes of at least 4 members (excludes halogenated alkanes) is 1. The van der Waals surface area contributed by atoms with Gasteiger partial charge >= 0.3 is 11.9 Å². The van der Waals surface area contributed by atoms with Crippen molar-refractivity contribution in [2.45, 2.75) is 230 Å². The molecule has 22 N–H and O–H groups in total. The SMILES string of the molecule is CC(=O)N[C@@H](CCC(N)=O)C(=O)N[C@@H](CCC(=O)O)C(=O)N[C@H](C(=O)N[C@@H](Cc1ccccc1)C(=O)N[C@@H](CO)C(=O)N[C@@H](CC(=O)O)C(=O)N[C@@H](CC(C)C)C(=O)N[C@@H](Cc1c[nH]c2ccccc12)C(=O)N[C@H](CCCCN)C(=O)N[C@@H](CC(C)C)C(=O)N[C@@H](CC(C)C)C(=O)N1CCC[C@H]1C(N)=O)[C@@H](C)O. The number of likely N-dealkylation sites (tertiary alicyclic amines) is 1. The fourth-order valence-electron chi connectivity index (χ4n) is 12.2. The van der Waals surface area contributed by atoms with Crippen molar-refractivity contribution in [1.82, 2.24) is 68.4 Å². The number of nitrogens with zero attached hydrogens (tertiary/aromatic N) is 1. The first-order chi connectivity index (χ1) is 50.9. The molecule has 1 saturated heterocycles. The molecule has 3 aromatic rings. The molecule has 0 aliphatic carbocycles. The lowest BCUT2D eigenvalue weighted by molar-refractivity contribution is -0.142. The van der Waals surface area contributed by atoms with Crippen LogP contribution in [0.1, 0.15) is 150 Å². The molecule has 108 heavy (non-hydrogen) atoms. The number of hydrogen-bond acceptors (Lipinski definition) is 19. The number of primary amides is 2. The number of hydrogen-bond donors (Lipinski definition) is 19. The summed E-state index contributed by atoms with van der Waals surface area (Å²) >= 11 is 0. The summed E-state index contributed by atoms with van der Waals surface area (Å²) in [4.78, 5) is 222. The Hall–Kier alpha value is -10.6. The maximum Gasteiger partial charge on any atom is 0.305 e. The van der Waals surface area contributed by atoms with Crippen molar-refractivity contribution < 1.29 is 97.1 Å². The fourth-order valence-corrected chi connectivity index (χ4v) is 12.2. The number of carbonyl (C=O) groups excluding carboxylic acids is 14. The normalized spacial score (nSPS) is 16.1. The molecule has 1 fully saturated rings. The lowest BCUT2D eigenvalue weighted by Crippen LogP contribution is -2.62. The number of fused-ring (bicyclic) bond motifs is 1. The van der Waals surface area contributed by atoms with E-state index in [2.05, 4.69) is 63.5 Å². The summed E-state index contributed by atoms with van der Waals surface area (Å²) in [6, 6.07) is -3.82. The predicted octanol–water partition coefficient (Wildman–Crippen LogP) is -2.97. The van der Waals surface area contributed by atoms with Crippen molar-refractivity contribution in [1.29, 1.82) is 0 Å². The Morgan fingerprint density at radius 2 is 0.944 bits per heavy atom. The average Bonchev–Trinajstić information content (AvgIpc) is 1.62. The minimum absolute atomic E-state index is 0.0174. The maximum absolute atomic E-state index is 15.0. The number of aromatic nitrogens is 1. The molecule has 0 unspecified atom stereocenters. The molecule has 36 heteroatoms. The van der Waals surface area contributed by atoms with E-state index in [1.807, 2.05) is 27.7 Å². The minimum Gasteiger partial charge on any atom is -0.481 e. The number of aliphatic hydroxyl groups excluding tert-OH is 2. The van der Waals surface area contributed by atoms with E-state index in [1.165, 1.54) is 4.90 Å². The number of aliphatic carboxylic acids is 2. The van der Waals surface area contributed by atoms with Crippen molar-refractivity contribution >= 4 is 106 Å². The number of aliphatic hydroxyl groups is 2. The van der Waals surface area contributed by atoms with Gasteiger partial charge in [-0.25, -0.2) is 0 Å². The molecule has 0 radical (unpaired) electrons. The van der Waals surface area contributed by atoms with Crippen LogP contribution in [0.25, 0.3) is 10.9 Å². The van der Waals surface area contributed by atoms with Gasteiger partial charge in [0.1, 0.15) is 72.5 Å². The Bertz CT molecular complexity index is 3630. The first-order valence-electron chi connectivity index (χ1n) is 36.1. The highest BCUT2D eigenvalue weighted by molar-refractivity contribution is 6.01. The predicted molar refractivity (Wildman–Crippen MR) is 391 cm³/mol. The average molecular weight is 1520 g/mol. The van der Waals surface area contributed by atoms with Gasteiger partial charge in [-0.15, -0.1) is 0 Å². The number of benzene rings is 2. The van der Waals surface area contributed by atoms with Crippen LogP contribution in [0.2, 0.25) is 0 Å². The molecule has 13 atom stereocenters. The fraction of sp³-hybridized carbons (Fsp3) is 0.583. The molecule has 36 nitrogen and oxygen atoms in total. The van der Waals surface area contributed by atoms with Crippen LogP contribution in [-0.2, 0) is 89.6 Å². The van der Waals surface area contributed by atoms with E-state index in [-0.39, 0.29) is 69.9 Å². The number of rotatable bonds is 47. The van der Waals surface area contributed by atoms with Crippen molar-refractivity contribution in [3.05, 3.63) is 71.9 Å². The van der Waals surface area contributed by atoms with Crippen molar-refractivity contribution in [2.24, 2.45) is 35.0 Å². The van der Waals surface area contributed by atoms with Crippen LogP contribution in [0, 0.1) is 17.8 Å². The summed E-state index contributed by atoms with van der Waals surface area (Å²) in [7, 11) is 0. The second-order valence-corrected chi connectivity index (χ2v) is 28.3. The van der Waals surface area contributed by atoms with E-state index in [1.54, 1.807) is 74.6 Å². The Morgan fingerprint density at radius 3 is 1.47 bits per heavy atom. The summed E-state index contributed by atoms with van der Waals surface area (Å²) in [6.45, 7) is 12.0. The second kappa shape index (κ2) is 44.5. The van der Waals surface area contributed by atoms with Crippen LogP contribution in [0.15, 0.2) is 60.8 Å². The van der Waals surface area contributed by atoms with Gasteiger partial charge < -0.3 is 106 Å². The molecule has 1 aromatic heterocycles. The molecule has 0 saturated carbocycles. The summed E-state index contributed by atoms with van der Waals surface area (Å²) in [5.74, 6) is -17.3. The molecule has 1 aliphatic heterocycles. The number of nitrogens with two attached hydrogens (primary N) is 3. The van der Waals surface area contributed by atoms with Gasteiger partial charge in [-0.05, 0) is 113 Å². The summed E-state index contributed by atoms with van der Waals surface area (Å²) in [5, 5.41) is 69.0. The molecule has 0 bridgehead atoms. The zero-order valence-electron chi connectivity index (χ0n) is 62.2. The van der Waals surface area contributed by atoms with Crippen LogP contribution < -0.4 is 75.7 Å². The summed E-state index contributed by atoms with van der Waals surface area (Å²) in [6.07, 6.45) is -2.35. The van der Waals surface area contributed by atoms with E-state index in [4.69, 9.17) is 17.2 Å². The van der Waals surface area contributed by atoms with Gasteiger partial charge in [-0.2, -0.15) is 0 Å². The quantitative estimate of drug-likeness (QED) is 0.0251. The largest absolute Gasteiger partial charge is 0.481 e. The minimum atomic E-state index is -2.06. The van der Waals surface area contributed by atoms with Crippen LogP contribution in [0.5, 0.6) is 0 Å². The van der Waals surface area contributed by atoms with Crippen LogP contribution >= 0.6 is 0 Å². The number of H-pyrrole nitrogens is 1. The first kappa shape index (κ1) is 89.8. The van der Waals surface area contributed by atoms with E-state index >= 15 is 0 Å². The topological polar surface area (TPSA) is 583 Å². The number of aromatic amines is 1. The number of carboxylic acid groups (broad SMARTS) is 2. The zero-order chi connectivity index (χ0) is 80.6. The number of amides is 14. The van der Waals surface area contributed by atoms with Crippen LogP contribution in [0.3, 0.4) is 0 Å². The van der Waals surface area contributed by atoms with Gasteiger partial charge in [0.2, 0.25) is 82.7 Å². The smallest absolute Gasteiger partial charge is 0.305 e. The standard InChI is InChI=1S/C72H108N16O20/c1-37(2)29-49(65(101)82-52(33-43-35-76-45-20-13-12-19-44(43)45)68(104)78-46(21-14-15-27-73)62(98)80-50(30-38(3)4)66(102)85-54(31-39(5)6)72(108)88-28-16-22-56(88)61(75)97)81-69(105)53(34-59(95)96)83-70(106)55(36-89)86-67(103)51(32-42-17-10-9-11-18-42)84-71(107)60(40(7)90)87-64(100)48(24-26-58(93)94)79-63(99)47(77-41(8)91)23-25-57(74)92/h9-13,17-20,35,37-40,46-56,60,76,89-90H,14-16,21-34,36,73H2,1-8H3,(H2,74,92)(H2,75,97)(H,77,91)(H,78,104)(H,79,99)(H,80,98)(H,81,105)(H,82,101)(H,83,106)(H,84,107)(H,85,102)(H,86,103)(H,87,100)(H,93,94)(H,95,96)/t40-,46-,47+,48+,49+,50+,51+,52+,53+,54+,55+,56+,60+/m1/s1. The van der Waals surface area contributed by atoms with E-state index in [0.717, 1.165) is 13.8 Å². The second-order valence-electron chi connectivity index (χ2n) is 28.3. The van der Waals surface area contributed by atoms with Gasteiger partial charge in [0.15, 0.2) is 0 Å². The van der Waals surface area contributed by atoms with Gasteiger partial charge in [0.25, 0.3) is 0 Å². The molecule has 14 amide bonds. The van der Waals surface area contributed by atoms with Crippen molar-refractivity contribution in [3.63, 3.8) is 0 Å². The van der Waals surface area contributed by atoms with Crippen LogP contribution in [-0.4, -0.2) is 223 Å². The highest BCUT2D eigenvalue weighted by Crippen LogP contribution is 2.23. The first-order valence-corrected chi connectivity index (χ1v) is 36.1. The molecule has 2 aromatic carbocycles. The van der Waals surface area contributed by atoms with Gasteiger partial charge in [0, 0.05) is 56.3 Å². The van der Waals surface area contributed by atoms with Crippen molar-refractivity contribution in [2.75, 3.05) is 19.7 Å². The van der Waals surface area contributed by atoms with Crippen molar-refractivity contribution in [3.8, 4) is 0 Å².